The van der Waals surface area contributed by atoms with Gasteiger partial charge in [0.1, 0.15) is 23.1 Å². The SMILES string of the molecule is COc1ccc(CCNCC(=O)Nc2c(F)cccc2F)cc1. The molecule has 2 rings (SSSR count). The molecule has 122 valence electrons. The maximum Gasteiger partial charge on any atom is 0.238 e. The van der Waals surface area contributed by atoms with Crippen LogP contribution < -0.4 is 15.4 Å². The van der Waals surface area contributed by atoms with Crippen LogP contribution in [0.5, 0.6) is 5.75 Å². The van der Waals surface area contributed by atoms with Gasteiger partial charge in [0.15, 0.2) is 0 Å². The topological polar surface area (TPSA) is 50.4 Å². The van der Waals surface area contributed by atoms with Crippen molar-refractivity contribution in [2.75, 3.05) is 25.5 Å². The third kappa shape index (κ3) is 5.03. The Morgan fingerprint density at radius 2 is 1.74 bits per heavy atom. The van der Waals surface area contributed by atoms with E-state index in [2.05, 4.69) is 10.6 Å². The zero-order valence-corrected chi connectivity index (χ0v) is 12.7. The first-order valence-corrected chi connectivity index (χ1v) is 7.17. The number of hydrogen-bond donors (Lipinski definition) is 2. The summed E-state index contributed by atoms with van der Waals surface area (Å²) in [4.78, 5) is 11.7. The van der Waals surface area contributed by atoms with Crippen LogP contribution >= 0.6 is 0 Å². The molecule has 2 aromatic carbocycles. The van der Waals surface area contributed by atoms with E-state index in [1.54, 1.807) is 7.11 Å². The first-order valence-electron chi connectivity index (χ1n) is 7.17. The Bertz CT molecular complexity index is 640. The summed E-state index contributed by atoms with van der Waals surface area (Å²) in [6.07, 6.45) is 0.728. The highest BCUT2D eigenvalue weighted by molar-refractivity contribution is 5.92. The number of hydrogen-bond acceptors (Lipinski definition) is 3. The fraction of sp³-hybridized carbons (Fsp3) is 0.235. The highest BCUT2D eigenvalue weighted by atomic mass is 19.1. The molecule has 0 saturated carbocycles. The van der Waals surface area contributed by atoms with Crippen molar-refractivity contribution in [2.45, 2.75) is 6.42 Å². The highest BCUT2D eigenvalue weighted by Crippen LogP contribution is 2.17. The van der Waals surface area contributed by atoms with Crippen LogP contribution in [-0.2, 0) is 11.2 Å². The van der Waals surface area contributed by atoms with E-state index in [0.29, 0.717) is 6.54 Å². The minimum absolute atomic E-state index is 0.0239. The van der Waals surface area contributed by atoms with Gasteiger partial charge in [-0.3, -0.25) is 4.79 Å². The van der Waals surface area contributed by atoms with Gasteiger partial charge >= 0.3 is 0 Å². The quantitative estimate of drug-likeness (QED) is 0.771. The molecule has 0 bridgehead atoms. The van der Waals surface area contributed by atoms with Crippen molar-refractivity contribution in [3.63, 3.8) is 0 Å². The van der Waals surface area contributed by atoms with Crippen LogP contribution in [0.4, 0.5) is 14.5 Å². The Kier molecular flexibility index (Phi) is 6.05. The summed E-state index contributed by atoms with van der Waals surface area (Å²) in [7, 11) is 1.60. The molecule has 1 amide bonds. The lowest BCUT2D eigenvalue weighted by Gasteiger charge is -2.08. The number of halogens is 2. The van der Waals surface area contributed by atoms with E-state index in [-0.39, 0.29) is 6.54 Å². The van der Waals surface area contributed by atoms with E-state index in [0.717, 1.165) is 29.9 Å². The van der Waals surface area contributed by atoms with Gasteiger partial charge in [0.25, 0.3) is 0 Å². The first kappa shape index (κ1) is 16.9. The standard InChI is InChI=1S/C17H18F2N2O2/c1-23-13-7-5-12(6-8-13)9-10-20-11-16(22)21-17-14(18)3-2-4-15(17)19/h2-8,20H,9-11H2,1H3,(H,21,22). The lowest BCUT2D eigenvalue weighted by atomic mass is 10.1. The molecule has 0 spiro atoms. The maximum absolute atomic E-state index is 13.4. The summed E-state index contributed by atoms with van der Waals surface area (Å²) in [5.74, 6) is -1.30. The van der Waals surface area contributed by atoms with Gasteiger partial charge < -0.3 is 15.4 Å². The molecule has 0 aliphatic heterocycles. The van der Waals surface area contributed by atoms with Crippen LogP contribution in [0.1, 0.15) is 5.56 Å². The van der Waals surface area contributed by atoms with Gasteiger partial charge in [0.05, 0.1) is 13.7 Å². The molecule has 0 heterocycles. The number of benzene rings is 2. The van der Waals surface area contributed by atoms with Crippen molar-refractivity contribution in [3.05, 3.63) is 59.7 Å². The number of ether oxygens (including phenoxy) is 1. The monoisotopic (exact) mass is 320 g/mol. The summed E-state index contributed by atoms with van der Waals surface area (Å²) < 4.78 is 31.9. The Labute approximate surface area is 133 Å². The van der Waals surface area contributed by atoms with E-state index in [9.17, 15) is 13.6 Å². The fourth-order valence-electron chi connectivity index (χ4n) is 2.03. The number of anilines is 1. The lowest BCUT2D eigenvalue weighted by Crippen LogP contribution is -2.30. The van der Waals surface area contributed by atoms with E-state index in [1.807, 2.05) is 24.3 Å². The number of carbonyl (C=O) groups excluding carboxylic acids is 1. The lowest BCUT2D eigenvalue weighted by molar-refractivity contribution is -0.115. The number of methoxy groups -OCH3 is 1. The zero-order chi connectivity index (χ0) is 16.7. The average Bonchev–Trinajstić information content (AvgIpc) is 2.56. The number of rotatable bonds is 7. The van der Waals surface area contributed by atoms with Gasteiger partial charge in [-0.25, -0.2) is 8.78 Å². The molecular formula is C17H18F2N2O2. The number of amides is 1. The van der Waals surface area contributed by atoms with E-state index in [1.165, 1.54) is 6.07 Å². The number of carbonyl (C=O) groups is 1. The predicted octanol–water partition coefficient (Wildman–Crippen LogP) is 2.74. The first-order chi connectivity index (χ1) is 11.1. The second kappa shape index (κ2) is 8.24. The summed E-state index contributed by atoms with van der Waals surface area (Å²) in [6, 6.07) is 11.0. The Balaban J connectivity index is 1.74. The van der Waals surface area contributed by atoms with Gasteiger partial charge in [-0.1, -0.05) is 18.2 Å². The molecule has 0 aliphatic carbocycles. The van der Waals surface area contributed by atoms with E-state index < -0.39 is 23.2 Å². The predicted molar refractivity (Wildman–Crippen MR) is 84.6 cm³/mol. The molecule has 2 N–H and O–H groups in total. The molecule has 0 aliphatic rings. The van der Waals surface area contributed by atoms with Gasteiger partial charge in [-0.2, -0.15) is 0 Å². The molecule has 0 atom stereocenters. The van der Waals surface area contributed by atoms with Crippen molar-refractivity contribution in [1.82, 2.24) is 5.32 Å². The van der Waals surface area contributed by atoms with Crippen molar-refractivity contribution in [1.29, 1.82) is 0 Å². The molecule has 4 nitrogen and oxygen atoms in total. The molecule has 6 heteroatoms. The van der Waals surface area contributed by atoms with E-state index >= 15 is 0 Å². The Hall–Kier alpha value is -2.47. The summed E-state index contributed by atoms with van der Waals surface area (Å²) >= 11 is 0. The molecule has 0 unspecified atom stereocenters. The smallest absolute Gasteiger partial charge is 0.238 e. The van der Waals surface area contributed by atoms with Gasteiger partial charge in [-0.05, 0) is 42.8 Å². The van der Waals surface area contributed by atoms with Gasteiger partial charge in [0, 0.05) is 0 Å². The minimum Gasteiger partial charge on any atom is -0.497 e. The van der Waals surface area contributed by atoms with Gasteiger partial charge in [-0.15, -0.1) is 0 Å². The molecule has 0 fully saturated rings. The third-order valence-corrected chi connectivity index (χ3v) is 3.26. The van der Waals surface area contributed by atoms with Crippen LogP contribution in [0.25, 0.3) is 0 Å². The number of para-hydroxylation sites is 1. The summed E-state index contributed by atoms with van der Waals surface area (Å²) in [5.41, 5.74) is 0.674. The average molecular weight is 320 g/mol. The normalized spacial score (nSPS) is 10.4. The van der Waals surface area contributed by atoms with Crippen molar-refractivity contribution in [3.8, 4) is 5.75 Å². The summed E-state index contributed by atoms with van der Waals surface area (Å²) in [5, 5.41) is 5.16. The largest absolute Gasteiger partial charge is 0.497 e. The van der Waals surface area contributed by atoms with Crippen molar-refractivity contribution >= 4 is 11.6 Å². The zero-order valence-electron chi connectivity index (χ0n) is 12.7. The summed E-state index contributed by atoms with van der Waals surface area (Å²) in [6.45, 7) is 0.545. The van der Waals surface area contributed by atoms with Crippen LogP contribution in [0.2, 0.25) is 0 Å². The van der Waals surface area contributed by atoms with Crippen LogP contribution in [0.15, 0.2) is 42.5 Å². The van der Waals surface area contributed by atoms with E-state index in [4.69, 9.17) is 4.74 Å². The molecule has 0 radical (unpaired) electrons. The second-order valence-corrected chi connectivity index (χ2v) is 4.92. The van der Waals surface area contributed by atoms with Crippen LogP contribution in [0.3, 0.4) is 0 Å². The van der Waals surface area contributed by atoms with Gasteiger partial charge in [0.2, 0.25) is 5.91 Å². The Morgan fingerprint density at radius 3 is 2.35 bits per heavy atom. The molecule has 2 aromatic rings. The molecule has 23 heavy (non-hydrogen) atoms. The highest BCUT2D eigenvalue weighted by Gasteiger charge is 2.11. The van der Waals surface area contributed by atoms with Crippen LogP contribution in [0, 0.1) is 11.6 Å². The second-order valence-electron chi connectivity index (χ2n) is 4.92. The van der Waals surface area contributed by atoms with Crippen molar-refractivity contribution in [2.24, 2.45) is 0 Å². The molecular weight excluding hydrogens is 302 g/mol. The molecule has 0 aromatic heterocycles. The number of nitrogens with one attached hydrogen (secondary N) is 2. The van der Waals surface area contributed by atoms with Crippen LogP contribution in [-0.4, -0.2) is 26.1 Å². The van der Waals surface area contributed by atoms with Crippen molar-refractivity contribution < 1.29 is 18.3 Å². The maximum atomic E-state index is 13.4. The fourth-order valence-corrected chi connectivity index (χ4v) is 2.03. The minimum atomic E-state index is -0.795. The Morgan fingerprint density at radius 1 is 1.09 bits per heavy atom. The molecule has 0 saturated heterocycles. The third-order valence-electron chi connectivity index (χ3n) is 3.26.